The highest BCUT2D eigenvalue weighted by Crippen LogP contribution is 2.33. The zero-order chi connectivity index (χ0) is 16.7. The number of hydrogen-bond acceptors (Lipinski definition) is 5. The number of fused-ring (bicyclic) bond motifs is 4. The second-order valence-corrected chi connectivity index (χ2v) is 6.52. The molecule has 0 spiro atoms. The van der Waals surface area contributed by atoms with Crippen LogP contribution in [0.3, 0.4) is 0 Å². The molecule has 0 saturated carbocycles. The summed E-state index contributed by atoms with van der Waals surface area (Å²) < 4.78 is 15.1. The van der Waals surface area contributed by atoms with Gasteiger partial charge in [-0.3, -0.25) is 4.79 Å². The Morgan fingerprint density at radius 2 is 2.00 bits per heavy atom. The third kappa shape index (κ3) is 2.31. The Labute approximate surface area is 140 Å². The molecule has 0 atom stereocenters. The van der Waals surface area contributed by atoms with Crippen molar-refractivity contribution in [3.8, 4) is 0 Å². The van der Waals surface area contributed by atoms with Crippen molar-refractivity contribution in [2.24, 2.45) is 5.73 Å². The molecule has 2 heterocycles. The van der Waals surface area contributed by atoms with Gasteiger partial charge >= 0.3 is 0 Å². The molecule has 0 aliphatic heterocycles. The Morgan fingerprint density at radius 3 is 2.83 bits per heavy atom. The molecule has 2 aromatic heterocycles. The molecule has 4 aromatic rings. The molecule has 4 rings (SSSR count). The summed E-state index contributed by atoms with van der Waals surface area (Å²) in [4.78, 5) is 17.7. The second kappa shape index (κ2) is 5.81. The standard InChI is InChI=1S/C18H14FN3OS/c19-10-5-6-14-12(9-10)16(23)15-11-3-1-2-4-13(11)22-18(17(15)24-14)21-8-7-20/h1-6,9H,7-8,20H2,(H,21,22). The van der Waals surface area contributed by atoms with Crippen LogP contribution in [-0.2, 0) is 0 Å². The maximum Gasteiger partial charge on any atom is 0.196 e. The molecule has 0 bridgehead atoms. The number of nitrogens with one attached hydrogen (secondary N) is 1. The molecule has 0 aliphatic rings. The van der Waals surface area contributed by atoms with Crippen molar-refractivity contribution < 1.29 is 4.39 Å². The SMILES string of the molecule is NCCNc1nc2ccccc2c2c(=O)c3cc(F)ccc3sc12. The van der Waals surface area contributed by atoms with Crippen LogP contribution in [0.1, 0.15) is 0 Å². The number of benzene rings is 2. The molecule has 6 heteroatoms. The van der Waals surface area contributed by atoms with Gasteiger partial charge in [-0.25, -0.2) is 9.37 Å². The fourth-order valence-corrected chi connectivity index (χ4v) is 3.98. The first-order valence-electron chi connectivity index (χ1n) is 7.58. The number of nitrogens with zero attached hydrogens (tertiary/aromatic N) is 1. The molecule has 24 heavy (non-hydrogen) atoms. The maximum atomic E-state index is 13.6. The topological polar surface area (TPSA) is 68.0 Å². The van der Waals surface area contributed by atoms with Crippen molar-refractivity contribution in [1.82, 2.24) is 4.98 Å². The minimum Gasteiger partial charge on any atom is -0.368 e. The summed E-state index contributed by atoms with van der Waals surface area (Å²) in [6.45, 7) is 1.02. The fraction of sp³-hybridized carbons (Fsp3) is 0.111. The van der Waals surface area contributed by atoms with Crippen LogP contribution in [0, 0.1) is 5.82 Å². The van der Waals surface area contributed by atoms with Gasteiger partial charge in [0, 0.05) is 28.6 Å². The molecule has 4 nitrogen and oxygen atoms in total. The number of hydrogen-bond donors (Lipinski definition) is 2. The van der Waals surface area contributed by atoms with E-state index >= 15 is 0 Å². The van der Waals surface area contributed by atoms with Gasteiger partial charge in [-0.05, 0) is 24.3 Å². The van der Waals surface area contributed by atoms with E-state index in [4.69, 9.17) is 5.73 Å². The lowest BCUT2D eigenvalue weighted by molar-refractivity contribution is 0.630. The average Bonchev–Trinajstić information content (AvgIpc) is 2.60. The van der Waals surface area contributed by atoms with E-state index in [1.54, 1.807) is 6.07 Å². The lowest BCUT2D eigenvalue weighted by Gasteiger charge is -2.11. The van der Waals surface area contributed by atoms with Crippen molar-refractivity contribution in [3.63, 3.8) is 0 Å². The number of anilines is 1. The monoisotopic (exact) mass is 339 g/mol. The molecule has 2 aromatic carbocycles. The van der Waals surface area contributed by atoms with Gasteiger partial charge in [-0.15, -0.1) is 11.3 Å². The lowest BCUT2D eigenvalue weighted by atomic mass is 10.1. The van der Waals surface area contributed by atoms with Crippen molar-refractivity contribution >= 4 is 48.2 Å². The second-order valence-electron chi connectivity index (χ2n) is 5.47. The van der Waals surface area contributed by atoms with Crippen LogP contribution < -0.4 is 16.5 Å². The predicted molar refractivity (Wildman–Crippen MR) is 98.4 cm³/mol. The number of aromatic nitrogens is 1. The molecule has 120 valence electrons. The third-order valence-electron chi connectivity index (χ3n) is 3.91. The van der Waals surface area contributed by atoms with E-state index in [1.165, 1.54) is 23.5 Å². The quantitative estimate of drug-likeness (QED) is 0.443. The zero-order valence-electron chi connectivity index (χ0n) is 12.7. The summed E-state index contributed by atoms with van der Waals surface area (Å²) in [5.74, 6) is 0.230. The molecule has 0 saturated heterocycles. The van der Waals surface area contributed by atoms with Gasteiger partial charge in [0.1, 0.15) is 11.6 Å². The molecule has 0 amide bonds. The average molecular weight is 339 g/mol. The van der Waals surface area contributed by atoms with Gasteiger partial charge in [0.25, 0.3) is 0 Å². The number of pyridine rings is 1. The van der Waals surface area contributed by atoms with Gasteiger partial charge in [0.2, 0.25) is 0 Å². The first-order chi connectivity index (χ1) is 11.7. The zero-order valence-corrected chi connectivity index (χ0v) is 13.5. The van der Waals surface area contributed by atoms with E-state index in [2.05, 4.69) is 10.3 Å². The number of para-hydroxylation sites is 1. The van der Waals surface area contributed by atoms with E-state index in [1.807, 2.05) is 24.3 Å². The van der Waals surface area contributed by atoms with Crippen molar-refractivity contribution in [3.05, 3.63) is 58.5 Å². The highest BCUT2D eigenvalue weighted by atomic mass is 32.1. The smallest absolute Gasteiger partial charge is 0.196 e. The van der Waals surface area contributed by atoms with Crippen LogP contribution in [0.25, 0.3) is 31.1 Å². The molecule has 0 aliphatic carbocycles. The largest absolute Gasteiger partial charge is 0.368 e. The number of rotatable bonds is 3. The van der Waals surface area contributed by atoms with E-state index in [9.17, 15) is 9.18 Å². The maximum absolute atomic E-state index is 13.6. The first-order valence-corrected chi connectivity index (χ1v) is 8.39. The molecule has 3 N–H and O–H groups in total. The highest BCUT2D eigenvalue weighted by Gasteiger charge is 2.15. The molecular formula is C18H14FN3OS. The summed E-state index contributed by atoms with van der Waals surface area (Å²) in [7, 11) is 0. The van der Waals surface area contributed by atoms with Crippen LogP contribution in [0.5, 0.6) is 0 Å². The molecule has 0 unspecified atom stereocenters. The summed E-state index contributed by atoms with van der Waals surface area (Å²) in [5, 5.41) is 4.94. The van der Waals surface area contributed by atoms with Crippen molar-refractivity contribution in [2.45, 2.75) is 0 Å². The van der Waals surface area contributed by atoms with Crippen LogP contribution in [-0.4, -0.2) is 18.1 Å². The van der Waals surface area contributed by atoms with Gasteiger partial charge in [-0.1, -0.05) is 18.2 Å². The Balaban J connectivity index is 2.21. The number of nitrogens with two attached hydrogens (primary N) is 1. The minimum absolute atomic E-state index is 0.173. The van der Waals surface area contributed by atoms with Crippen LogP contribution in [0.2, 0.25) is 0 Å². The highest BCUT2D eigenvalue weighted by molar-refractivity contribution is 7.25. The molecule has 0 radical (unpaired) electrons. The minimum atomic E-state index is -0.411. The summed E-state index contributed by atoms with van der Waals surface area (Å²) in [5.41, 5.74) is 6.13. The van der Waals surface area contributed by atoms with E-state index in [0.29, 0.717) is 29.7 Å². The van der Waals surface area contributed by atoms with E-state index in [0.717, 1.165) is 20.3 Å². The van der Waals surface area contributed by atoms with Crippen molar-refractivity contribution in [2.75, 3.05) is 18.4 Å². The Hall–Kier alpha value is -2.57. The van der Waals surface area contributed by atoms with Crippen LogP contribution in [0.4, 0.5) is 10.2 Å². The summed E-state index contributed by atoms with van der Waals surface area (Å²) in [6.07, 6.45) is 0. The molecular weight excluding hydrogens is 325 g/mol. The van der Waals surface area contributed by atoms with Gasteiger partial charge < -0.3 is 11.1 Å². The van der Waals surface area contributed by atoms with Gasteiger partial charge in [0.05, 0.1) is 15.6 Å². The number of halogens is 1. The van der Waals surface area contributed by atoms with E-state index < -0.39 is 5.82 Å². The van der Waals surface area contributed by atoms with Crippen LogP contribution in [0.15, 0.2) is 47.3 Å². The third-order valence-corrected chi connectivity index (χ3v) is 5.09. The van der Waals surface area contributed by atoms with Crippen molar-refractivity contribution in [1.29, 1.82) is 0 Å². The Bertz CT molecular complexity index is 1140. The lowest BCUT2D eigenvalue weighted by Crippen LogP contribution is -2.14. The van der Waals surface area contributed by atoms with Crippen LogP contribution >= 0.6 is 11.3 Å². The summed E-state index contributed by atoms with van der Waals surface area (Å²) >= 11 is 1.43. The Kier molecular flexibility index (Phi) is 3.63. The van der Waals surface area contributed by atoms with Gasteiger partial charge in [0.15, 0.2) is 5.43 Å². The molecule has 0 fully saturated rings. The Morgan fingerprint density at radius 1 is 1.17 bits per heavy atom. The predicted octanol–water partition coefficient (Wildman–Crippen LogP) is 3.47. The first kappa shape index (κ1) is 15.0. The normalized spacial score (nSPS) is 11.4. The summed E-state index contributed by atoms with van der Waals surface area (Å²) in [6, 6.07) is 11.8. The van der Waals surface area contributed by atoms with E-state index in [-0.39, 0.29) is 5.43 Å². The van der Waals surface area contributed by atoms with Gasteiger partial charge in [-0.2, -0.15) is 0 Å². The fourth-order valence-electron chi connectivity index (χ4n) is 2.84.